The van der Waals surface area contributed by atoms with Gasteiger partial charge in [-0.3, -0.25) is 4.79 Å². The summed E-state index contributed by atoms with van der Waals surface area (Å²) in [6.07, 6.45) is 2.16. The van der Waals surface area contributed by atoms with Gasteiger partial charge in [0.1, 0.15) is 6.04 Å². The molecule has 0 aromatic heterocycles. The predicted molar refractivity (Wildman–Crippen MR) is 45.1 cm³/mol. The van der Waals surface area contributed by atoms with E-state index >= 15 is 0 Å². The number of nitriles is 1. The molecular weight excluding hydrogens is 152 g/mol. The van der Waals surface area contributed by atoms with Crippen molar-refractivity contribution >= 4 is 5.91 Å². The van der Waals surface area contributed by atoms with Crippen LogP contribution in [-0.2, 0) is 4.79 Å². The van der Waals surface area contributed by atoms with E-state index in [-0.39, 0.29) is 17.9 Å². The van der Waals surface area contributed by atoms with Crippen molar-refractivity contribution in [2.75, 3.05) is 0 Å². The van der Waals surface area contributed by atoms with Gasteiger partial charge in [-0.25, -0.2) is 0 Å². The van der Waals surface area contributed by atoms with Gasteiger partial charge >= 0.3 is 0 Å². The number of carbonyl (C=O) groups excluding carboxylic acids is 1. The van der Waals surface area contributed by atoms with E-state index in [0.717, 1.165) is 12.8 Å². The van der Waals surface area contributed by atoms with Crippen LogP contribution in [0.25, 0.3) is 0 Å². The first kappa shape index (κ1) is 9.05. The van der Waals surface area contributed by atoms with Crippen LogP contribution >= 0.6 is 0 Å². The molecule has 0 bridgehead atoms. The Morgan fingerprint density at radius 1 is 1.58 bits per heavy atom. The van der Waals surface area contributed by atoms with Crippen molar-refractivity contribution in [3.05, 3.63) is 0 Å². The first-order valence-corrected chi connectivity index (χ1v) is 4.35. The van der Waals surface area contributed by atoms with Crippen LogP contribution in [0.1, 0.15) is 26.7 Å². The normalized spacial score (nSPS) is 18.5. The van der Waals surface area contributed by atoms with Crippen LogP contribution in [-0.4, -0.2) is 11.9 Å². The molecule has 1 atom stereocenters. The van der Waals surface area contributed by atoms with E-state index in [1.165, 1.54) is 0 Å². The van der Waals surface area contributed by atoms with E-state index in [1.54, 1.807) is 0 Å². The van der Waals surface area contributed by atoms with Crippen molar-refractivity contribution < 1.29 is 4.79 Å². The number of nitrogens with one attached hydrogen (secondary N) is 1. The van der Waals surface area contributed by atoms with Gasteiger partial charge in [0.15, 0.2) is 0 Å². The molecule has 0 saturated heterocycles. The molecule has 0 spiro atoms. The SMILES string of the molecule is CC(C)C(=O)N[C@H](C#N)C1CC1. The zero-order valence-corrected chi connectivity index (χ0v) is 7.50. The first-order chi connectivity index (χ1) is 5.65. The standard InChI is InChI=1S/C9H14N2O/c1-6(2)9(12)11-8(5-10)7-3-4-7/h6-8H,3-4H2,1-2H3,(H,11,12)/t8-/m1/s1. The lowest BCUT2D eigenvalue weighted by Gasteiger charge is -2.11. The second-order valence-corrected chi connectivity index (χ2v) is 3.61. The van der Waals surface area contributed by atoms with Crippen LogP contribution in [0.5, 0.6) is 0 Å². The molecule has 1 aliphatic carbocycles. The Kier molecular flexibility index (Phi) is 2.69. The van der Waals surface area contributed by atoms with Crippen molar-refractivity contribution in [3.63, 3.8) is 0 Å². The zero-order chi connectivity index (χ0) is 9.14. The predicted octanol–water partition coefficient (Wildman–Crippen LogP) is 1.06. The molecule has 66 valence electrons. The Bertz CT molecular complexity index is 213. The lowest BCUT2D eigenvalue weighted by atomic mass is 10.1. The Hall–Kier alpha value is -1.04. The van der Waals surface area contributed by atoms with Crippen LogP contribution in [0.3, 0.4) is 0 Å². The fourth-order valence-electron chi connectivity index (χ4n) is 1.01. The van der Waals surface area contributed by atoms with E-state index in [2.05, 4.69) is 11.4 Å². The second-order valence-electron chi connectivity index (χ2n) is 3.61. The molecule has 3 heteroatoms. The highest BCUT2D eigenvalue weighted by Gasteiger charge is 2.32. The fraction of sp³-hybridized carbons (Fsp3) is 0.778. The van der Waals surface area contributed by atoms with Gasteiger partial charge in [0.05, 0.1) is 6.07 Å². The minimum absolute atomic E-state index is 0.0200. The van der Waals surface area contributed by atoms with Gasteiger partial charge < -0.3 is 5.32 Å². The summed E-state index contributed by atoms with van der Waals surface area (Å²) in [7, 11) is 0. The van der Waals surface area contributed by atoms with Crippen molar-refractivity contribution in [1.29, 1.82) is 5.26 Å². The van der Waals surface area contributed by atoms with Gasteiger partial charge in [-0.15, -0.1) is 0 Å². The first-order valence-electron chi connectivity index (χ1n) is 4.35. The number of hydrogen-bond donors (Lipinski definition) is 1. The Morgan fingerprint density at radius 3 is 2.50 bits per heavy atom. The molecule has 3 nitrogen and oxygen atoms in total. The summed E-state index contributed by atoms with van der Waals surface area (Å²) >= 11 is 0. The van der Waals surface area contributed by atoms with Crippen LogP contribution < -0.4 is 5.32 Å². The summed E-state index contributed by atoms with van der Waals surface area (Å²) in [5.41, 5.74) is 0. The molecule has 1 fully saturated rings. The van der Waals surface area contributed by atoms with Crippen molar-refractivity contribution in [1.82, 2.24) is 5.32 Å². The molecule has 0 aromatic carbocycles. The highest BCUT2D eigenvalue weighted by Crippen LogP contribution is 2.32. The molecule has 1 saturated carbocycles. The number of hydrogen-bond acceptors (Lipinski definition) is 2. The average Bonchev–Trinajstić information content (AvgIpc) is 2.82. The highest BCUT2D eigenvalue weighted by molar-refractivity contribution is 5.78. The summed E-state index contributed by atoms with van der Waals surface area (Å²) in [5.74, 6) is 0.366. The molecule has 1 rings (SSSR count). The molecule has 12 heavy (non-hydrogen) atoms. The monoisotopic (exact) mass is 166 g/mol. The van der Waals surface area contributed by atoms with Gasteiger partial charge in [-0.1, -0.05) is 13.8 Å². The Labute approximate surface area is 72.8 Å². The summed E-state index contributed by atoms with van der Waals surface area (Å²) in [6.45, 7) is 3.66. The average molecular weight is 166 g/mol. The quantitative estimate of drug-likeness (QED) is 0.681. The largest absolute Gasteiger partial charge is 0.340 e. The van der Waals surface area contributed by atoms with Crippen LogP contribution in [0, 0.1) is 23.2 Å². The maximum atomic E-state index is 11.2. The molecule has 0 aromatic rings. The van der Waals surface area contributed by atoms with Crippen molar-refractivity contribution in [3.8, 4) is 6.07 Å². The van der Waals surface area contributed by atoms with Crippen molar-refractivity contribution in [2.24, 2.45) is 11.8 Å². The zero-order valence-electron chi connectivity index (χ0n) is 7.50. The summed E-state index contributed by atoms with van der Waals surface area (Å²) in [4.78, 5) is 11.2. The molecule has 0 aliphatic heterocycles. The molecule has 0 radical (unpaired) electrons. The molecule has 1 aliphatic rings. The van der Waals surface area contributed by atoms with E-state index < -0.39 is 0 Å². The van der Waals surface area contributed by atoms with Crippen molar-refractivity contribution in [2.45, 2.75) is 32.7 Å². The van der Waals surface area contributed by atoms with Crippen LogP contribution in [0.2, 0.25) is 0 Å². The van der Waals surface area contributed by atoms with Gasteiger partial charge in [-0.05, 0) is 18.8 Å². The molecule has 0 unspecified atom stereocenters. The van der Waals surface area contributed by atoms with E-state index in [9.17, 15) is 4.79 Å². The number of rotatable bonds is 3. The minimum Gasteiger partial charge on any atom is -0.340 e. The third-order valence-corrected chi connectivity index (χ3v) is 2.05. The van der Waals surface area contributed by atoms with Crippen LogP contribution in [0.15, 0.2) is 0 Å². The smallest absolute Gasteiger partial charge is 0.223 e. The molecule has 1 amide bonds. The molecular formula is C9H14N2O. The van der Waals surface area contributed by atoms with Crippen LogP contribution in [0.4, 0.5) is 0 Å². The van der Waals surface area contributed by atoms with E-state index in [1.807, 2.05) is 13.8 Å². The van der Waals surface area contributed by atoms with Gasteiger partial charge in [-0.2, -0.15) is 5.26 Å². The van der Waals surface area contributed by atoms with E-state index in [4.69, 9.17) is 5.26 Å². The Morgan fingerprint density at radius 2 is 2.17 bits per heavy atom. The lowest BCUT2D eigenvalue weighted by Crippen LogP contribution is -2.37. The summed E-state index contributed by atoms with van der Waals surface area (Å²) in [5, 5.41) is 11.4. The van der Waals surface area contributed by atoms with Gasteiger partial charge in [0.25, 0.3) is 0 Å². The summed E-state index contributed by atoms with van der Waals surface area (Å²) < 4.78 is 0. The summed E-state index contributed by atoms with van der Waals surface area (Å²) in [6, 6.07) is 1.87. The maximum Gasteiger partial charge on any atom is 0.223 e. The molecule has 1 N–H and O–H groups in total. The Balaban J connectivity index is 2.37. The highest BCUT2D eigenvalue weighted by atomic mass is 16.1. The number of carbonyl (C=O) groups is 1. The lowest BCUT2D eigenvalue weighted by molar-refractivity contribution is -0.124. The molecule has 0 heterocycles. The number of nitrogens with zero attached hydrogens (tertiary/aromatic N) is 1. The minimum atomic E-state index is -0.250. The topological polar surface area (TPSA) is 52.9 Å². The van der Waals surface area contributed by atoms with Gasteiger partial charge in [0.2, 0.25) is 5.91 Å². The fourth-order valence-corrected chi connectivity index (χ4v) is 1.01. The number of amides is 1. The maximum absolute atomic E-state index is 11.2. The second kappa shape index (κ2) is 3.57. The van der Waals surface area contributed by atoms with E-state index in [0.29, 0.717) is 5.92 Å². The third-order valence-electron chi connectivity index (χ3n) is 2.05. The van der Waals surface area contributed by atoms with Gasteiger partial charge in [0, 0.05) is 5.92 Å². The third kappa shape index (κ3) is 2.23.